The quantitative estimate of drug-likeness (QED) is 0.391. The number of aliphatic hydroxyl groups is 1. The van der Waals surface area contributed by atoms with Crippen molar-refractivity contribution < 1.29 is 19.4 Å². The number of hydrogen-bond donors (Lipinski definition) is 1. The van der Waals surface area contributed by atoms with Gasteiger partial charge in [0.15, 0.2) is 0 Å². The molecule has 4 nitrogen and oxygen atoms in total. The van der Waals surface area contributed by atoms with Crippen LogP contribution in [0.4, 0.5) is 0 Å². The van der Waals surface area contributed by atoms with Crippen LogP contribution in [-0.2, 0) is 14.3 Å². The van der Waals surface area contributed by atoms with Gasteiger partial charge in [-0.25, -0.2) is 0 Å². The molecule has 0 aromatic heterocycles. The predicted octanol–water partition coefficient (Wildman–Crippen LogP) is 1.85. The molecule has 0 aliphatic rings. The molecule has 92 valence electrons. The second-order valence-electron chi connectivity index (χ2n) is 3.64. The molecule has 0 spiro atoms. The van der Waals surface area contributed by atoms with E-state index in [-0.39, 0.29) is 12.1 Å². The first-order chi connectivity index (χ1) is 7.66. The molecule has 0 atom stereocenters. The highest BCUT2D eigenvalue weighted by Gasteiger charge is 2.02. The standard InChI is InChI=1S/C12H20O4/c1-11(2)15-9-10-16-12(14)7-5-3-4-6-8-13/h11,13H,3-5,7,9-10H2,1-2H3. The summed E-state index contributed by atoms with van der Waals surface area (Å²) in [6.07, 6.45) is 4.53. The van der Waals surface area contributed by atoms with E-state index in [2.05, 4.69) is 5.92 Å². The van der Waals surface area contributed by atoms with Crippen molar-refractivity contribution in [3.8, 4) is 12.0 Å². The van der Waals surface area contributed by atoms with E-state index in [0.29, 0.717) is 26.1 Å². The minimum Gasteiger partial charge on any atom is -0.463 e. The molecular weight excluding hydrogens is 208 g/mol. The van der Waals surface area contributed by atoms with Crippen molar-refractivity contribution in [3.63, 3.8) is 0 Å². The summed E-state index contributed by atoms with van der Waals surface area (Å²) in [6.45, 7) is 4.63. The van der Waals surface area contributed by atoms with Crippen LogP contribution in [0, 0.1) is 12.0 Å². The van der Waals surface area contributed by atoms with Crippen molar-refractivity contribution in [2.24, 2.45) is 0 Å². The molecule has 0 saturated heterocycles. The van der Waals surface area contributed by atoms with Crippen LogP contribution in [0.5, 0.6) is 0 Å². The molecule has 0 aromatic carbocycles. The van der Waals surface area contributed by atoms with E-state index in [1.54, 1.807) is 0 Å². The maximum Gasteiger partial charge on any atom is 0.305 e. The molecule has 0 amide bonds. The highest BCUT2D eigenvalue weighted by molar-refractivity contribution is 5.69. The number of carbonyl (C=O) groups excluding carboxylic acids is 1. The Balaban J connectivity index is 3.27. The number of rotatable bonds is 8. The summed E-state index contributed by atoms with van der Waals surface area (Å²) in [5, 5.41) is 8.20. The average Bonchev–Trinajstić information content (AvgIpc) is 2.24. The van der Waals surface area contributed by atoms with Gasteiger partial charge >= 0.3 is 5.97 Å². The van der Waals surface area contributed by atoms with Crippen molar-refractivity contribution in [2.75, 3.05) is 13.2 Å². The third-order valence-corrected chi connectivity index (χ3v) is 1.81. The van der Waals surface area contributed by atoms with Gasteiger partial charge in [0.2, 0.25) is 0 Å². The van der Waals surface area contributed by atoms with Crippen LogP contribution in [-0.4, -0.2) is 30.4 Å². The zero-order valence-electron chi connectivity index (χ0n) is 9.99. The number of carbonyl (C=O) groups is 1. The minimum absolute atomic E-state index is 0.163. The van der Waals surface area contributed by atoms with Gasteiger partial charge in [0.1, 0.15) is 12.7 Å². The zero-order chi connectivity index (χ0) is 12.2. The minimum atomic E-state index is -0.204. The Morgan fingerprint density at radius 3 is 2.69 bits per heavy atom. The highest BCUT2D eigenvalue weighted by atomic mass is 16.6. The van der Waals surface area contributed by atoms with E-state index in [1.165, 1.54) is 0 Å². The number of unbranched alkanes of at least 4 members (excludes halogenated alkanes) is 2. The largest absolute Gasteiger partial charge is 0.463 e. The Hall–Kier alpha value is -1.21. The Morgan fingerprint density at radius 1 is 1.31 bits per heavy atom. The Labute approximate surface area is 96.9 Å². The van der Waals surface area contributed by atoms with E-state index in [1.807, 2.05) is 20.0 Å². The van der Waals surface area contributed by atoms with E-state index < -0.39 is 0 Å². The topological polar surface area (TPSA) is 55.8 Å². The Kier molecular flexibility index (Phi) is 9.53. The number of aliphatic hydroxyl groups excluding tert-OH is 1. The number of hydrogen-bond acceptors (Lipinski definition) is 4. The van der Waals surface area contributed by atoms with Crippen molar-refractivity contribution in [1.82, 2.24) is 0 Å². The van der Waals surface area contributed by atoms with E-state index in [0.717, 1.165) is 12.8 Å². The average molecular weight is 228 g/mol. The van der Waals surface area contributed by atoms with Crippen LogP contribution in [0.1, 0.15) is 39.5 Å². The van der Waals surface area contributed by atoms with Crippen LogP contribution in [0.15, 0.2) is 0 Å². The fraction of sp³-hybridized carbons (Fsp3) is 0.750. The molecule has 0 unspecified atom stereocenters. The Morgan fingerprint density at radius 2 is 2.06 bits per heavy atom. The summed E-state index contributed by atoms with van der Waals surface area (Å²) in [5.41, 5.74) is 0. The lowest BCUT2D eigenvalue weighted by Gasteiger charge is -2.07. The van der Waals surface area contributed by atoms with Crippen LogP contribution in [0.2, 0.25) is 0 Å². The van der Waals surface area contributed by atoms with Crippen LogP contribution in [0.3, 0.4) is 0 Å². The normalized spacial score (nSPS) is 9.69. The molecule has 0 radical (unpaired) electrons. The maximum atomic E-state index is 11.2. The summed E-state index contributed by atoms with van der Waals surface area (Å²) in [6, 6.07) is 0. The van der Waals surface area contributed by atoms with Gasteiger partial charge in [-0.1, -0.05) is 5.92 Å². The van der Waals surface area contributed by atoms with Crippen molar-refractivity contribution in [3.05, 3.63) is 0 Å². The summed E-state index contributed by atoms with van der Waals surface area (Å²) < 4.78 is 10.2. The third-order valence-electron chi connectivity index (χ3n) is 1.81. The van der Waals surface area contributed by atoms with Crippen LogP contribution < -0.4 is 0 Å². The smallest absolute Gasteiger partial charge is 0.305 e. The zero-order valence-corrected chi connectivity index (χ0v) is 9.99. The first-order valence-electron chi connectivity index (χ1n) is 5.56. The van der Waals surface area contributed by atoms with E-state index in [9.17, 15) is 4.79 Å². The van der Waals surface area contributed by atoms with Crippen LogP contribution in [0.25, 0.3) is 0 Å². The summed E-state index contributed by atoms with van der Waals surface area (Å²) in [5.74, 6) is 2.32. The van der Waals surface area contributed by atoms with Gasteiger partial charge in [0.25, 0.3) is 0 Å². The lowest BCUT2D eigenvalue weighted by atomic mass is 10.2. The summed E-state index contributed by atoms with van der Waals surface area (Å²) in [7, 11) is 0. The molecule has 0 fully saturated rings. The molecule has 16 heavy (non-hydrogen) atoms. The van der Waals surface area contributed by atoms with Crippen molar-refractivity contribution in [1.29, 1.82) is 0 Å². The predicted molar refractivity (Wildman–Crippen MR) is 60.2 cm³/mol. The van der Waals surface area contributed by atoms with Crippen molar-refractivity contribution >= 4 is 5.97 Å². The number of esters is 1. The number of ether oxygens (including phenoxy) is 2. The van der Waals surface area contributed by atoms with Crippen molar-refractivity contribution in [2.45, 2.75) is 45.6 Å². The molecule has 0 aliphatic carbocycles. The highest BCUT2D eigenvalue weighted by Crippen LogP contribution is 2.00. The van der Waals surface area contributed by atoms with Gasteiger partial charge in [0.05, 0.1) is 12.7 Å². The summed E-state index contributed by atoms with van der Waals surface area (Å²) in [4.78, 5) is 11.2. The molecule has 0 bridgehead atoms. The van der Waals surface area contributed by atoms with Gasteiger partial charge in [-0.2, -0.15) is 0 Å². The van der Waals surface area contributed by atoms with Gasteiger partial charge in [0, 0.05) is 12.8 Å². The van der Waals surface area contributed by atoms with Crippen LogP contribution >= 0.6 is 0 Å². The van der Waals surface area contributed by atoms with E-state index in [4.69, 9.17) is 14.6 Å². The van der Waals surface area contributed by atoms with Gasteiger partial charge in [-0.15, -0.1) is 0 Å². The molecule has 4 heteroatoms. The van der Waals surface area contributed by atoms with Gasteiger partial charge < -0.3 is 14.6 Å². The molecule has 0 rings (SSSR count). The lowest BCUT2D eigenvalue weighted by Crippen LogP contribution is -2.13. The Bertz CT molecular complexity index is 237. The summed E-state index contributed by atoms with van der Waals surface area (Å²) >= 11 is 0. The SMILES string of the molecule is CC(C)OCCOC(=O)CCCCC#CO. The monoisotopic (exact) mass is 228 g/mol. The maximum absolute atomic E-state index is 11.2. The van der Waals surface area contributed by atoms with Gasteiger partial charge in [-0.3, -0.25) is 4.79 Å². The van der Waals surface area contributed by atoms with Gasteiger partial charge in [-0.05, 0) is 26.7 Å². The molecular formula is C12H20O4. The molecule has 1 N–H and O–H groups in total. The lowest BCUT2D eigenvalue weighted by molar-refractivity contribution is -0.145. The first kappa shape index (κ1) is 14.8. The second kappa shape index (κ2) is 10.3. The molecule has 0 saturated carbocycles. The molecule has 0 aromatic rings. The molecule has 0 aliphatic heterocycles. The fourth-order valence-corrected chi connectivity index (χ4v) is 1.05. The molecule has 0 heterocycles. The first-order valence-corrected chi connectivity index (χ1v) is 5.56. The fourth-order valence-electron chi connectivity index (χ4n) is 1.05. The van der Waals surface area contributed by atoms with E-state index >= 15 is 0 Å². The second-order valence-corrected chi connectivity index (χ2v) is 3.64. The third kappa shape index (κ3) is 10.9.